The molecule has 10 heteroatoms. The second-order valence-electron chi connectivity index (χ2n) is 9.77. The van der Waals surface area contributed by atoms with Crippen molar-refractivity contribution in [1.29, 1.82) is 5.26 Å². The number of nitrogens with zero attached hydrogens (tertiary/aromatic N) is 4. The molecule has 3 aromatic rings. The normalized spacial score (nSPS) is 20.2. The van der Waals surface area contributed by atoms with E-state index in [1.807, 2.05) is 0 Å². The number of nitrogens with one attached hydrogen (secondary N) is 1. The lowest BCUT2D eigenvalue weighted by atomic mass is 9.90. The van der Waals surface area contributed by atoms with Crippen molar-refractivity contribution in [1.82, 2.24) is 14.8 Å². The van der Waals surface area contributed by atoms with E-state index in [0.29, 0.717) is 22.3 Å². The highest BCUT2D eigenvalue weighted by atomic mass is 19.2. The number of aromatic amines is 1. The molecule has 200 valence electrons. The van der Waals surface area contributed by atoms with Crippen molar-refractivity contribution in [3.05, 3.63) is 53.1 Å². The summed E-state index contributed by atoms with van der Waals surface area (Å²) in [6.45, 7) is 7.92. The summed E-state index contributed by atoms with van der Waals surface area (Å²) >= 11 is 0. The van der Waals surface area contributed by atoms with Crippen molar-refractivity contribution in [2.45, 2.75) is 25.3 Å². The van der Waals surface area contributed by atoms with Crippen LogP contribution in [0.15, 0.2) is 30.3 Å². The molecule has 2 bridgehead atoms. The monoisotopic (exact) mass is 523 g/mol. The first kappa shape index (κ1) is 25.9. The van der Waals surface area contributed by atoms with Crippen molar-refractivity contribution in [3.63, 3.8) is 0 Å². The molecule has 3 aliphatic heterocycles. The highest BCUT2D eigenvalue weighted by Gasteiger charge is 2.34. The Morgan fingerprint density at radius 1 is 1.03 bits per heavy atom. The smallest absolute Gasteiger partial charge is 0.342 e. The van der Waals surface area contributed by atoms with Crippen LogP contribution in [0.1, 0.15) is 35.2 Å². The van der Waals surface area contributed by atoms with E-state index in [4.69, 9.17) is 9.47 Å². The van der Waals surface area contributed by atoms with Gasteiger partial charge in [0.25, 0.3) is 0 Å². The number of anilines is 2. The maximum absolute atomic E-state index is 15.0. The number of nitriles is 1. The molecule has 1 saturated carbocycles. The molecule has 7 rings (SSSR count). The van der Waals surface area contributed by atoms with Gasteiger partial charge < -0.3 is 19.4 Å². The molecule has 1 aromatic heterocycles. The molecule has 0 atom stereocenters. The van der Waals surface area contributed by atoms with Gasteiger partial charge in [0.1, 0.15) is 11.4 Å². The van der Waals surface area contributed by atoms with Crippen molar-refractivity contribution < 1.29 is 23.0 Å². The molecular formula is C28H31F2N5O3. The Labute approximate surface area is 220 Å². The Bertz CT molecular complexity index is 1350. The molecule has 38 heavy (non-hydrogen) atoms. The fourth-order valence-electron chi connectivity index (χ4n) is 5.27. The number of carbonyl (C=O) groups excluding carboxylic acids is 1. The molecule has 4 fully saturated rings. The van der Waals surface area contributed by atoms with E-state index in [1.165, 1.54) is 65.6 Å². The third-order valence-electron chi connectivity index (χ3n) is 7.68. The minimum absolute atomic E-state index is 0.00443. The van der Waals surface area contributed by atoms with Gasteiger partial charge in [-0.2, -0.15) is 9.65 Å². The summed E-state index contributed by atoms with van der Waals surface area (Å²) in [6.07, 6.45) is 2.45. The first-order valence-corrected chi connectivity index (χ1v) is 12.8. The number of esters is 1. The summed E-state index contributed by atoms with van der Waals surface area (Å²) in [5.41, 5.74) is 1.14. The lowest BCUT2D eigenvalue weighted by Crippen LogP contribution is -2.55. The van der Waals surface area contributed by atoms with Crippen LogP contribution in [0.3, 0.4) is 0 Å². The van der Waals surface area contributed by atoms with Gasteiger partial charge in [-0.25, -0.2) is 9.18 Å². The molecule has 1 aliphatic carbocycles. The van der Waals surface area contributed by atoms with Gasteiger partial charge in [-0.05, 0) is 43.5 Å². The van der Waals surface area contributed by atoms with Crippen LogP contribution in [0.25, 0.3) is 10.9 Å². The minimum atomic E-state index is -1.10. The molecular weight excluding hydrogens is 492 g/mol. The number of rotatable bonds is 5. The van der Waals surface area contributed by atoms with Gasteiger partial charge in [0.15, 0.2) is 11.6 Å². The van der Waals surface area contributed by atoms with Crippen LogP contribution in [0.2, 0.25) is 0 Å². The van der Waals surface area contributed by atoms with Gasteiger partial charge in [-0.15, -0.1) is 0 Å². The van der Waals surface area contributed by atoms with Gasteiger partial charge in [0.2, 0.25) is 5.82 Å². The molecule has 0 radical (unpaired) electrons. The second kappa shape index (κ2) is 11.0. The van der Waals surface area contributed by atoms with Crippen LogP contribution in [0.5, 0.6) is 5.75 Å². The third-order valence-corrected chi connectivity index (χ3v) is 7.68. The summed E-state index contributed by atoms with van der Waals surface area (Å²) in [7, 11) is 2.52. The maximum atomic E-state index is 15.0. The van der Waals surface area contributed by atoms with E-state index in [9.17, 15) is 14.4 Å². The fourth-order valence-corrected chi connectivity index (χ4v) is 5.27. The van der Waals surface area contributed by atoms with Crippen LogP contribution in [-0.2, 0) is 4.74 Å². The van der Waals surface area contributed by atoms with Gasteiger partial charge in [-0.3, -0.25) is 9.80 Å². The maximum Gasteiger partial charge on any atom is 0.342 e. The standard InChI is InChI=1S/C22H19F2N3O3.C6H12N2/c1-29-17-9-8-16(19(23)20(17)24)27(13-4-3-5-13)21-18(22(28)30-2)14-7-6-12(11-25)10-15(14)26-21;1-2-8-5-3-7(1)4-6-8/h6-10,13,26H,3-5H2,1-2H3;1-6H2. The lowest BCUT2D eigenvalue weighted by molar-refractivity contribution is 0.0603. The predicted molar refractivity (Wildman–Crippen MR) is 140 cm³/mol. The highest BCUT2D eigenvalue weighted by molar-refractivity contribution is 6.10. The minimum Gasteiger partial charge on any atom is -0.494 e. The SMILES string of the molecule is C1CN2CCN1CC2.COC(=O)c1c(N(c2ccc(OC)c(F)c2F)C2CCC2)[nH]c2cc(C#N)ccc12. The molecule has 0 spiro atoms. The number of hydrogen-bond donors (Lipinski definition) is 1. The number of methoxy groups -OCH3 is 2. The van der Waals surface area contributed by atoms with Crippen LogP contribution < -0.4 is 9.64 Å². The van der Waals surface area contributed by atoms with Crippen LogP contribution in [-0.4, -0.2) is 80.3 Å². The van der Waals surface area contributed by atoms with Crippen LogP contribution >= 0.6 is 0 Å². The molecule has 4 heterocycles. The Balaban J connectivity index is 0.000000310. The van der Waals surface area contributed by atoms with Gasteiger partial charge in [-0.1, -0.05) is 6.07 Å². The third kappa shape index (κ3) is 4.79. The zero-order valence-corrected chi connectivity index (χ0v) is 21.6. The van der Waals surface area contributed by atoms with E-state index in [0.717, 1.165) is 19.3 Å². The number of benzene rings is 2. The van der Waals surface area contributed by atoms with E-state index >= 15 is 4.39 Å². The lowest BCUT2D eigenvalue weighted by Gasteiger charge is -2.41. The predicted octanol–water partition coefficient (Wildman–Crippen LogP) is 4.42. The van der Waals surface area contributed by atoms with Crippen LogP contribution in [0, 0.1) is 23.0 Å². The van der Waals surface area contributed by atoms with Crippen LogP contribution in [0.4, 0.5) is 20.3 Å². The first-order valence-electron chi connectivity index (χ1n) is 12.8. The zero-order valence-electron chi connectivity index (χ0n) is 21.6. The van der Waals surface area contributed by atoms with Crippen molar-refractivity contribution in [2.24, 2.45) is 0 Å². The molecule has 4 aliphatic rings. The summed E-state index contributed by atoms with van der Waals surface area (Å²) < 4.78 is 39.4. The summed E-state index contributed by atoms with van der Waals surface area (Å²) in [5.74, 6) is -2.66. The topological polar surface area (TPSA) is 84.8 Å². The average molecular weight is 524 g/mol. The Kier molecular flexibility index (Phi) is 7.49. The van der Waals surface area contributed by atoms with Crippen molar-refractivity contribution in [3.8, 4) is 11.8 Å². The Morgan fingerprint density at radius 3 is 2.18 bits per heavy atom. The van der Waals surface area contributed by atoms with Gasteiger partial charge in [0.05, 0.1) is 31.5 Å². The number of fused-ring (bicyclic) bond motifs is 4. The Hall–Kier alpha value is -3.68. The quantitative estimate of drug-likeness (QED) is 0.496. The van der Waals surface area contributed by atoms with Crippen molar-refractivity contribution in [2.75, 3.05) is 58.4 Å². The number of hydrogen-bond acceptors (Lipinski definition) is 7. The number of ether oxygens (including phenoxy) is 2. The largest absolute Gasteiger partial charge is 0.494 e. The van der Waals surface area contributed by atoms with E-state index in [-0.39, 0.29) is 23.0 Å². The van der Waals surface area contributed by atoms with E-state index in [1.54, 1.807) is 23.1 Å². The average Bonchev–Trinajstić information content (AvgIpc) is 3.31. The number of piperazine rings is 3. The number of aromatic nitrogens is 1. The molecule has 3 saturated heterocycles. The fraction of sp³-hybridized carbons (Fsp3) is 0.429. The Morgan fingerprint density at radius 2 is 1.68 bits per heavy atom. The second-order valence-corrected chi connectivity index (χ2v) is 9.77. The van der Waals surface area contributed by atoms with Gasteiger partial charge >= 0.3 is 5.97 Å². The van der Waals surface area contributed by atoms with Crippen molar-refractivity contribution >= 4 is 28.4 Å². The molecule has 1 N–H and O–H groups in total. The molecule has 0 amide bonds. The summed E-state index contributed by atoms with van der Waals surface area (Å²) in [4.78, 5) is 22.5. The first-order chi connectivity index (χ1) is 18.4. The number of carbonyl (C=O) groups is 1. The zero-order chi connectivity index (χ0) is 26.8. The molecule has 0 unspecified atom stereocenters. The van der Waals surface area contributed by atoms with E-state index < -0.39 is 17.6 Å². The summed E-state index contributed by atoms with van der Waals surface area (Å²) in [6, 6.07) is 9.56. The molecule has 8 nitrogen and oxygen atoms in total. The summed E-state index contributed by atoms with van der Waals surface area (Å²) in [5, 5.41) is 9.74. The number of halogens is 2. The molecule has 2 aromatic carbocycles. The van der Waals surface area contributed by atoms with Gasteiger partial charge in [0, 0.05) is 56.2 Å². The highest BCUT2D eigenvalue weighted by Crippen LogP contribution is 2.42. The number of H-pyrrole nitrogens is 1. The van der Waals surface area contributed by atoms with E-state index in [2.05, 4.69) is 20.9 Å².